The molecule has 5 heteroatoms. The van der Waals surface area contributed by atoms with E-state index in [1.54, 1.807) is 26.2 Å². The van der Waals surface area contributed by atoms with Gasteiger partial charge in [0.1, 0.15) is 0 Å². The summed E-state index contributed by atoms with van der Waals surface area (Å²) in [6.07, 6.45) is 1.41. The second-order valence-corrected chi connectivity index (χ2v) is 3.69. The number of halogens is 1. The maximum Gasteiger partial charge on any atom is 0.323 e. The number of hydrogen-bond donors (Lipinski definition) is 1. The summed E-state index contributed by atoms with van der Waals surface area (Å²) in [6.45, 7) is 0. The molecule has 0 atom stereocenters. The van der Waals surface area contributed by atoms with E-state index < -0.39 is 0 Å². The SMILES string of the molecule is CN(C)C(=O)c1ccc(Br)c[n+]1O. The molecule has 0 unspecified atom stereocenters. The molecule has 4 nitrogen and oxygen atoms in total. The number of hydrogen-bond acceptors (Lipinski definition) is 2. The van der Waals surface area contributed by atoms with Gasteiger partial charge in [-0.05, 0) is 22.0 Å². The van der Waals surface area contributed by atoms with Crippen LogP contribution in [0.4, 0.5) is 0 Å². The van der Waals surface area contributed by atoms with Gasteiger partial charge in [0, 0.05) is 24.9 Å². The Bertz CT molecular complexity index is 339. The van der Waals surface area contributed by atoms with Crippen LogP contribution in [0.3, 0.4) is 0 Å². The highest BCUT2D eigenvalue weighted by Gasteiger charge is 2.21. The zero-order valence-electron chi connectivity index (χ0n) is 7.36. The van der Waals surface area contributed by atoms with Crippen LogP contribution in [-0.4, -0.2) is 30.1 Å². The molecule has 0 aliphatic heterocycles. The largest absolute Gasteiger partial charge is 0.339 e. The predicted octanol–water partition coefficient (Wildman–Crippen LogP) is 0.676. The van der Waals surface area contributed by atoms with E-state index in [9.17, 15) is 10.0 Å². The van der Waals surface area contributed by atoms with Crippen molar-refractivity contribution in [1.29, 1.82) is 0 Å². The average Bonchev–Trinajstić information content (AvgIpc) is 2.03. The molecule has 13 heavy (non-hydrogen) atoms. The van der Waals surface area contributed by atoms with Crippen molar-refractivity contribution in [1.82, 2.24) is 4.90 Å². The van der Waals surface area contributed by atoms with Crippen LogP contribution in [0.1, 0.15) is 10.5 Å². The van der Waals surface area contributed by atoms with E-state index in [0.717, 1.165) is 4.73 Å². The molecule has 0 fully saturated rings. The summed E-state index contributed by atoms with van der Waals surface area (Å²) in [5, 5.41) is 9.35. The molecule has 70 valence electrons. The lowest BCUT2D eigenvalue weighted by atomic mass is 10.3. The number of nitrogens with zero attached hydrogens (tertiary/aromatic N) is 2. The van der Waals surface area contributed by atoms with Crippen LogP contribution in [0, 0.1) is 0 Å². The van der Waals surface area contributed by atoms with Crippen LogP contribution in [0.5, 0.6) is 0 Å². The van der Waals surface area contributed by atoms with Crippen molar-refractivity contribution in [3.05, 3.63) is 28.5 Å². The molecule has 0 aliphatic rings. The number of aromatic nitrogens is 1. The molecule has 1 heterocycles. The lowest BCUT2D eigenvalue weighted by Gasteiger charge is -2.05. The number of carbonyl (C=O) groups is 1. The third kappa shape index (κ3) is 2.18. The number of carbonyl (C=O) groups excluding carboxylic acids is 1. The standard InChI is InChI=1S/C8H10BrN2O2/c1-10(2)8(12)7-4-3-6(9)5-11(7)13/h3-5,13H,1-2H3/q+1. The lowest BCUT2D eigenvalue weighted by molar-refractivity contribution is -0.906. The molecule has 1 aromatic rings. The van der Waals surface area contributed by atoms with Gasteiger partial charge in [-0.25, -0.2) is 0 Å². The summed E-state index contributed by atoms with van der Waals surface area (Å²) in [5.74, 6) is -0.241. The van der Waals surface area contributed by atoms with Gasteiger partial charge in [-0.15, -0.1) is 0 Å². The minimum atomic E-state index is -0.241. The first kappa shape index (κ1) is 9.98. The Kier molecular flexibility index (Phi) is 2.87. The number of rotatable bonds is 1. The summed E-state index contributed by atoms with van der Waals surface area (Å²) < 4.78 is 1.51. The van der Waals surface area contributed by atoms with Gasteiger partial charge in [-0.1, -0.05) is 0 Å². The highest BCUT2D eigenvalue weighted by atomic mass is 79.9. The van der Waals surface area contributed by atoms with E-state index >= 15 is 0 Å². The molecule has 1 amide bonds. The van der Waals surface area contributed by atoms with Crippen molar-refractivity contribution in [2.45, 2.75) is 0 Å². The van der Waals surface area contributed by atoms with Crippen LogP contribution >= 0.6 is 15.9 Å². The molecular weight excluding hydrogens is 236 g/mol. The number of amides is 1. The monoisotopic (exact) mass is 245 g/mol. The van der Waals surface area contributed by atoms with E-state index in [-0.39, 0.29) is 11.6 Å². The summed E-state index contributed by atoms with van der Waals surface area (Å²) in [7, 11) is 3.26. The fourth-order valence-electron chi connectivity index (χ4n) is 0.863. The molecule has 0 saturated heterocycles. The van der Waals surface area contributed by atoms with Crippen LogP contribution < -0.4 is 4.73 Å². The van der Waals surface area contributed by atoms with Crippen molar-refractivity contribution in [2.75, 3.05) is 14.1 Å². The van der Waals surface area contributed by atoms with E-state index in [2.05, 4.69) is 15.9 Å². The normalized spacial score (nSPS) is 9.77. The Balaban J connectivity index is 3.09. The highest BCUT2D eigenvalue weighted by Crippen LogP contribution is 2.06. The molecule has 1 N–H and O–H groups in total. The fourth-order valence-corrected chi connectivity index (χ4v) is 1.19. The van der Waals surface area contributed by atoms with Crippen LogP contribution in [0.15, 0.2) is 22.8 Å². The maximum absolute atomic E-state index is 11.4. The first-order chi connectivity index (χ1) is 6.02. The van der Waals surface area contributed by atoms with Crippen LogP contribution in [0.2, 0.25) is 0 Å². The van der Waals surface area contributed by atoms with Gasteiger partial charge >= 0.3 is 11.6 Å². The third-order valence-corrected chi connectivity index (χ3v) is 1.99. The second-order valence-electron chi connectivity index (χ2n) is 2.78. The van der Waals surface area contributed by atoms with Gasteiger partial charge in [0.25, 0.3) is 0 Å². The minimum absolute atomic E-state index is 0.230. The second kappa shape index (κ2) is 3.74. The minimum Gasteiger partial charge on any atom is -0.339 e. The molecule has 1 aromatic heterocycles. The van der Waals surface area contributed by atoms with Crippen LogP contribution in [0.25, 0.3) is 0 Å². The zero-order valence-corrected chi connectivity index (χ0v) is 8.95. The van der Waals surface area contributed by atoms with Gasteiger partial charge in [0.15, 0.2) is 0 Å². The average molecular weight is 246 g/mol. The molecule has 0 saturated carbocycles. The Morgan fingerprint density at radius 1 is 1.54 bits per heavy atom. The first-order valence-electron chi connectivity index (χ1n) is 3.64. The molecule has 0 aromatic carbocycles. The lowest BCUT2D eigenvalue weighted by Crippen LogP contribution is -2.41. The van der Waals surface area contributed by atoms with Crippen molar-refractivity contribution < 1.29 is 14.7 Å². The van der Waals surface area contributed by atoms with Gasteiger partial charge < -0.3 is 4.90 Å². The first-order valence-corrected chi connectivity index (χ1v) is 4.44. The van der Waals surface area contributed by atoms with Gasteiger partial charge in [-0.2, -0.15) is 0 Å². The Labute approximate surface area is 84.5 Å². The highest BCUT2D eigenvalue weighted by molar-refractivity contribution is 9.10. The van der Waals surface area contributed by atoms with E-state index in [1.807, 2.05) is 0 Å². The molecule has 0 radical (unpaired) electrons. The zero-order chi connectivity index (χ0) is 10.0. The fraction of sp³-hybridized carbons (Fsp3) is 0.250. The summed E-state index contributed by atoms with van der Waals surface area (Å²) in [4.78, 5) is 12.8. The third-order valence-electron chi connectivity index (χ3n) is 1.52. The molecule has 0 bridgehead atoms. The van der Waals surface area contributed by atoms with Gasteiger partial charge in [-0.3, -0.25) is 10.0 Å². The van der Waals surface area contributed by atoms with E-state index in [4.69, 9.17) is 0 Å². The van der Waals surface area contributed by atoms with E-state index in [0.29, 0.717) is 4.47 Å². The topological polar surface area (TPSA) is 44.4 Å². The molecular formula is C8H10BrN2O2+. The molecule has 0 aliphatic carbocycles. The maximum atomic E-state index is 11.4. The number of pyridine rings is 1. The summed E-state index contributed by atoms with van der Waals surface area (Å²) in [6, 6.07) is 3.25. The Hall–Kier alpha value is -1.10. The Morgan fingerprint density at radius 3 is 2.62 bits per heavy atom. The van der Waals surface area contributed by atoms with Crippen molar-refractivity contribution >= 4 is 21.8 Å². The van der Waals surface area contributed by atoms with E-state index in [1.165, 1.54) is 11.1 Å². The van der Waals surface area contributed by atoms with Crippen molar-refractivity contribution in [3.8, 4) is 0 Å². The van der Waals surface area contributed by atoms with Gasteiger partial charge in [0.2, 0.25) is 6.20 Å². The quantitative estimate of drug-likeness (QED) is 0.584. The summed E-state index contributed by atoms with van der Waals surface area (Å²) in [5.41, 5.74) is 0.230. The summed E-state index contributed by atoms with van der Waals surface area (Å²) >= 11 is 3.18. The smallest absolute Gasteiger partial charge is 0.323 e. The Morgan fingerprint density at radius 2 is 2.15 bits per heavy atom. The van der Waals surface area contributed by atoms with Crippen molar-refractivity contribution in [3.63, 3.8) is 0 Å². The van der Waals surface area contributed by atoms with Gasteiger partial charge in [0.05, 0.1) is 4.47 Å². The molecule has 1 rings (SSSR count). The molecule has 0 spiro atoms. The van der Waals surface area contributed by atoms with Crippen LogP contribution in [-0.2, 0) is 0 Å². The van der Waals surface area contributed by atoms with Crippen molar-refractivity contribution in [2.24, 2.45) is 0 Å². The predicted molar refractivity (Wildman–Crippen MR) is 49.5 cm³/mol.